The van der Waals surface area contributed by atoms with Crippen molar-refractivity contribution in [2.75, 3.05) is 26.0 Å². The van der Waals surface area contributed by atoms with Crippen LogP contribution in [-0.2, 0) is 9.53 Å². The molecular formula is C12H16ClNO2S. The molecule has 0 fully saturated rings. The van der Waals surface area contributed by atoms with Gasteiger partial charge in [-0.2, -0.15) is 0 Å². The Kier molecular flexibility index (Phi) is 7.08. The number of carbonyl (C=O) groups is 1. The van der Waals surface area contributed by atoms with Crippen LogP contribution in [0.25, 0.3) is 0 Å². The second-order valence-electron chi connectivity index (χ2n) is 3.44. The number of nitrogens with one attached hydrogen (secondary N) is 1. The number of rotatable bonds is 7. The molecule has 1 N–H and O–H groups in total. The van der Waals surface area contributed by atoms with Crippen molar-refractivity contribution < 1.29 is 9.53 Å². The van der Waals surface area contributed by atoms with Gasteiger partial charge in [0.05, 0.1) is 5.75 Å². The highest BCUT2D eigenvalue weighted by molar-refractivity contribution is 8.00. The van der Waals surface area contributed by atoms with Crippen molar-refractivity contribution in [1.29, 1.82) is 0 Å². The molecule has 5 heteroatoms. The summed E-state index contributed by atoms with van der Waals surface area (Å²) in [5.41, 5.74) is 0. The number of ether oxygens (including phenoxy) is 1. The number of amides is 1. The monoisotopic (exact) mass is 273 g/mol. The lowest BCUT2D eigenvalue weighted by molar-refractivity contribution is -0.118. The van der Waals surface area contributed by atoms with Gasteiger partial charge in [-0.1, -0.05) is 17.7 Å². The SMILES string of the molecule is COCCCNC(=O)CSc1cccc(Cl)c1. The van der Waals surface area contributed by atoms with Gasteiger partial charge in [-0.25, -0.2) is 0 Å². The molecule has 0 atom stereocenters. The summed E-state index contributed by atoms with van der Waals surface area (Å²) in [7, 11) is 1.65. The Labute approximate surface area is 111 Å². The molecule has 3 nitrogen and oxygen atoms in total. The van der Waals surface area contributed by atoms with E-state index < -0.39 is 0 Å². The van der Waals surface area contributed by atoms with Crippen LogP contribution in [-0.4, -0.2) is 31.9 Å². The first-order valence-electron chi connectivity index (χ1n) is 5.36. The average molecular weight is 274 g/mol. The first-order valence-corrected chi connectivity index (χ1v) is 6.72. The summed E-state index contributed by atoms with van der Waals surface area (Å²) in [4.78, 5) is 12.5. The summed E-state index contributed by atoms with van der Waals surface area (Å²) in [6.45, 7) is 1.32. The molecule has 94 valence electrons. The van der Waals surface area contributed by atoms with Gasteiger partial charge in [0.1, 0.15) is 0 Å². The minimum Gasteiger partial charge on any atom is -0.385 e. The van der Waals surface area contributed by atoms with E-state index in [1.165, 1.54) is 11.8 Å². The predicted molar refractivity (Wildman–Crippen MR) is 71.7 cm³/mol. The highest BCUT2D eigenvalue weighted by Crippen LogP contribution is 2.21. The fourth-order valence-electron chi connectivity index (χ4n) is 1.20. The first-order chi connectivity index (χ1) is 8.22. The lowest BCUT2D eigenvalue weighted by Crippen LogP contribution is -2.26. The van der Waals surface area contributed by atoms with Crippen molar-refractivity contribution in [1.82, 2.24) is 5.32 Å². The van der Waals surface area contributed by atoms with Crippen molar-refractivity contribution in [3.8, 4) is 0 Å². The smallest absolute Gasteiger partial charge is 0.230 e. The summed E-state index contributed by atoms with van der Waals surface area (Å²) >= 11 is 7.33. The minimum absolute atomic E-state index is 0.0334. The van der Waals surface area contributed by atoms with Crippen LogP contribution >= 0.6 is 23.4 Å². The average Bonchev–Trinajstić information content (AvgIpc) is 2.32. The number of methoxy groups -OCH3 is 1. The number of hydrogen-bond acceptors (Lipinski definition) is 3. The van der Waals surface area contributed by atoms with Crippen LogP contribution in [0.1, 0.15) is 6.42 Å². The first kappa shape index (κ1) is 14.4. The molecule has 0 spiro atoms. The van der Waals surface area contributed by atoms with Crippen LogP contribution in [0.5, 0.6) is 0 Å². The molecule has 0 saturated carbocycles. The molecule has 0 saturated heterocycles. The van der Waals surface area contributed by atoms with E-state index in [0.717, 1.165) is 11.3 Å². The van der Waals surface area contributed by atoms with E-state index in [9.17, 15) is 4.79 Å². The Morgan fingerprint density at radius 3 is 3.06 bits per heavy atom. The molecule has 0 aromatic heterocycles. The topological polar surface area (TPSA) is 38.3 Å². The van der Waals surface area contributed by atoms with E-state index in [1.807, 2.05) is 24.3 Å². The van der Waals surface area contributed by atoms with Crippen LogP contribution in [0, 0.1) is 0 Å². The third-order valence-corrected chi connectivity index (χ3v) is 3.24. The summed E-state index contributed by atoms with van der Waals surface area (Å²) in [5, 5.41) is 3.52. The van der Waals surface area contributed by atoms with Crippen LogP contribution in [0.3, 0.4) is 0 Å². The molecule has 0 aliphatic rings. The molecule has 0 unspecified atom stereocenters. The quantitative estimate of drug-likeness (QED) is 0.613. The van der Waals surface area contributed by atoms with Crippen LogP contribution in [0.4, 0.5) is 0 Å². The van der Waals surface area contributed by atoms with Crippen molar-refractivity contribution in [3.63, 3.8) is 0 Å². The minimum atomic E-state index is 0.0334. The second-order valence-corrected chi connectivity index (χ2v) is 4.93. The molecule has 0 bridgehead atoms. The lowest BCUT2D eigenvalue weighted by Gasteiger charge is -2.05. The van der Waals surface area contributed by atoms with Gasteiger partial charge in [0.15, 0.2) is 0 Å². The molecule has 17 heavy (non-hydrogen) atoms. The third-order valence-electron chi connectivity index (χ3n) is 2.01. The summed E-state index contributed by atoms with van der Waals surface area (Å²) < 4.78 is 4.89. The van der Waals surface area contributed by atoms with Gasteiger partial charge < -0.3 is 10.1 Å². The summed E-state index contributed by atoms with van der Waals surface area (Å²) in [6, 6.07) is 7.48. The van der Waals surface area contributed by atoms with Crippen LogP contribution in [0.15, 0.2) is 29.2 Å². The maximum atomic E-state index is 11.5. The van der Waals surface area contributed by atoms with Crippen molar-refractivity contribution in [2.24, 2.45) is 0 Å². The summed E-state index contributed by atoms with van der Waals surface area (Å²) in [5.74, 6) is 0.443. The lowest BCUT2D eigenvalue weighted by atomic mass is 10.4. The molecular weight excluding hydrogens is 258 g/mol. The zero-order valence-corrected chi connectivity index (χ0v) is 11.3. The number of hydrogen-bond donors (Lipinski definition) is 1. The predicted octanol–water partition coefficient (Wildman–Crippen LogP) is 2.58. The van der Waals surface area contributed by atoms with E-state index in [4.69, 9.17) is 16.3 Å². The number of thioether (sulfide) groups is 1. The molecule has 1 aromatic carbocycles. The third kappa shape index (κ3) is 6.56. The van der Waals surface area contributed by atoms with Gasteiger partial charge in [0.2, 0.25) is 5.91 Å². The van der Waals surface area contributed by atoms with Gasteiger partial charge in [0, 0.05) is 30.2 Å². The molecule has 1 amide bonds. The zero-order valence-electron chi connectivity index (χ0n) is 9.74. The van der Waals surface area contributed by atoms with Crippen LogP contribution in [0.2, 0.25) is 5.02 Å². The Bertz CT molecular complexity index is 360. The Morgan fingerprint density at radius 1 is 1.53 bits per heavy atom. The maximum absolute atomic E-state index is 11.5. The highest BCUT2D eigenvalue weighted by atomic mass is 35.5. The van der Waals surface area contributed by atoms with E-state index in [-0.39, 0.29) is 5.91 Å². The van der Waals surface area contributed by atoms with Crippen molar-refractivity contribution in [3.05, 3.63) is 29.3 Å². The fraction of sp³-hybridized carbons (Fsp3) is 0.417. The van der Waals surface area contributed by atoms with E-state index in [1.54, 1.807) is 7.11 Å². The van der Waals surface area contributed by atoms with Gasteiger partial charge in [-0.3, -0.25) is 4.79 Å². The fourth-order valence-corrected chi connectivity index (χ4v) is 2.24. The van der Waals surface area contributed by atoms with Gasteiger partial charge >= 0.3 is 0 Å². The molecule has 0 heterocycles. The van der Waals surface area contributed by atoms with Crippen molar-refractivity contribution in [2.45, 2.75) is 11.3 Å². The molecule has 0 aliphatic heterocycles. The summed E-state index contributed by atoms with van der Waals surface area (Å²) in [6.07, 6.45) is 0.837. The Morgan fingerprint density at radius 2 is 2.35 bits per heavy atom. The molecule has 1 aromatic rings. The van der Waals surface area contributed by atoms with E-state index in [0.29, 0.717) is 23.9 Å². The molecule has 0 aliphatic carbocycles. The Hall–Kier alpha value is -0.710. The van der Waals surface area contributed by atoms with Crippen molar-refractivity contribution >= 4 is 29.3 Å². The normalized spacial score (nSPS) is 10.2. The zero-order chi connectivity index (χ0) is 12.5. The number of halogens is 1. The standard InChI is InChI=1S/C12H16ClNO2S/c1-16-7-3-6-14-12(15)9-17-11-5-2-4-10(13)8-11/h2,4-5,8H,3,6-7,9H2,1H3,(H,14,15). The largest absolute Gasteiger partial charge is 0.385 e. The number of carbonyl (C=O) groups excluding carboxylic acids is 1. The highest BCUT2D eigenvalue weighted by Gasteiger charge is 2.02. The number of benzene rings is 1. The maximum Gasteiger partial charge on any atom is 0.230 e. The van der Waals surface area contributed by atoms with Gasteiger partial charge in [0.25, 0.3) is 0 Å². The van der Waals surface area contributed by atoms with Gasteiger partial charge in [-0.05, 0) is 24.6 Å². The second kappa shape index (κ2) is 8.39. The molecule has 0 radical (unpaired) electrons. The van der Waals surface area contributed by atoms with Crippen LogP contribution < -0.4 is 5.32 Å². The van der Waals surface area contributed by atoms with E-state index in [2.05, 4.69) is 5.32 Å². The molecule has 1 rings (SSSR count). The van der Waals surface area contributed by atoms with Gasteiger partial charge in [-0.15, -0.1) is 11.8 Å². The Balaban J connectivity index is 2.19. The van der Waals surface area contributed by atoms with E-state index >= 15 is 0 Å².